The van der Waals surface area contributed by atoms with Crippen molar-refractivity contribution in [3.63, 3.8) is 0 Å². The first-order valence-electron chi connectivity index (χ1n) is 7.32. The summed E-state index contributed by atoms with van der Waals surface area (Å²) in [6, 6.07) is 0.813. The minimum atomic E-state index is 0.540. The lowest BCUT2D eigenvalue weighted by Crippen LogP contribution is -2.65. The summed E-state index contributed by atoms with van der Waals surface area (Å²) in [4.78, 5) is 2.81. The van der Waals surface area contributed by atoms with Gasteiger partial charge in [-0.25, -0.2) is 0 Å². The molecule has 2 heteroatoms. The molecule has 0 aromatic heterocycles. The maximum Gasteiger partial charge on any atom is 0.0334 e. The Labute approximate surface area is 99.8 Å². The summed E-state index contributed by atoms with van der Waals surface area (Å²) in [7, 11) is 0. The number of nitrogens with one attached hydrogen (secondary N) is 1. The molecule has 0 bridgehead atoms. The first kappa shape index (κ1) is 11.0. The number of rotatable bonds is 2. The van der Waals surface area contributed by atoms with Crippen LogP contribution >= 0.6 is 0 Å². The van der Waals surface area contributed by atoms with Gasteiger partial charge < -0.3 is 5.32 Å². The molecule has 1 saturated heterocycles. The first-order chi connectivity index (χ1) is 7.84. The molecular formula is C14H26N2. The maximum atomic E-state index is 3.86. The molecular weight excluding hydrogens is 196 g/mol. The van der Waals surface area contributed by atoms with Crippen molar-refractivity contribution in [1.29, 1.82) is 0 Å². The van der Waals surface area contributed by atoms with Crippen molar-refractivity contribution in [3.8, 4) is 0 Å². The Morgan fingerprint density at radius 2 is 1.94 bits per heavy atom. The average molecular weight is 222 g/mol. The first-order valence-corrected chi connectivity index (χ1v) is 7.32. The van der Waals surface area contributed by atoms with Crippen LogP contribution in [0.25, 0.3) is 0 Å². The van der Waals surface area contributed by atoms with E-state index in [1.165, 1.54) is 64.6 Å². The predicted octanol–water partition coefficient (Wildman–Crippen LogP) is 2.39. The van der Waals surface area contributed by atoms with E-state index >= 15 is 0 Å². The third-order valence-electron chi connectivity index (χ3n) is 5.14. The van der Waals surface area contributed by atoms with E-state index in [4.69, 9.17) is 0 Å². The van der Waals surface area contributed by atoms with E-state index in [0.717, 1.165) is 12.0 Å². The Balaban J connectivity index is 1.69. The second-order valence-corrected chi connectivity index (χ2v) is 6.15. The number of likely N-dealkylation sites (N-methyl/N-ethyl adjacent to an activating group) is 1. The van der Waals surface area contributed by atoms with Gasteiger partial charge >= 0.3 is 0 Å². The van der Waals surface area contributed by atoms with Crippen molar-refractivity contribution >= 4 is 0 Å². The summed E-state index contributed by atoms with van der Waals surface area (Å²) in [6.45, 7) is 6.19. The van der Waals surface area contributed by atoms with Gasteiger partial charge in [-0.1, -0.05) is 26.2 Å². The summed E-state index contributed by atoms with van der Waals surface area (Å²) in [6.07, 6.45) is 10.2. The lowest BCUT2D eigenvalue weighted by Gasteiger charge is -2.52. The molecule has 2 nitrogen and oxygen atoms in total. The van der Waals surface area contributed by atoms with E-state index < -0.39 is 0 Å². The van der Waals surface area contributed by atoms with Gasteiger partial charge in [-0.2, -0.15) is 0 Å². The average Bonchev–Trinajstić information content (AvgIpc) is 3.15. The smallest absolute Gasteiger partial charge is 0.0334 e. The highest BCUT2D eigenvalue weighted by Crippen LogP contribution is 2.39. The van der Waals surface area contributed by atoms with E-state index in [1.54, 1.807) is 0 Å². The molecule has 1 heterocycles. The highest BCUT2D eigenvalue weighted by Gasteiger charge is 2.44. The number of hydrogen-bond donors (Lipinski definition) is 1. The molecule has 3 aliphatic rings. The van der Waals surface area contributed by atoms with Crippen LogP contribution < -0.4 is 5.32 Å². The van der Waals surface area contributed by atoms with E-state index in [9.17, 15) is 0 Å². The van der Waals surface area contributed by atoms with Gasteiger partial charge in [0, 0.05) is 24.7 Å². The maximum absolute atomic E-state index is 3.86. The van der Waals surface area contributed by atoms with Crippen molar-refractivity contribution in [2.24, 2.45) is 5.92 Å². The Morgan fingerprint density at radius 3 is 2.56 bits per heavy atom. The lowest BCUT2D eigenvalue weighted by atomic mass is 9.78. The van der Waals surface area contributed by atoms with Gasteiger partial charge in [0.25, 0.3) is 0 Å². The summed E-state index contributed by atoms with van der Waals surface area (Å²) in [5.41, 5.74) is 0.540. The van der Waals surface area contributed by atoms with Crippen LogP contribution in [-0.4, -0.2) is 36.1 Å². The van der Waals surface area contributed by atoms with Crippen LogP contribution in [-0.2, 0) is 0 Å². The number of nitrogens with zero attached hydrogens (tertiary/aromatic N) is 1. The van der Waals surface area contributed by atoms with Gasteiger partial charge in [-0.15, -0.1) is 0 Å². The Bertz CT molecular complexity index is 241. The van der Waals surface area contributed by atoms with Gasteiger partial charge in [0.05, 0.1) is 0 Å². The SMILES string of the molecule is CCN1CC(C2CC2)NCC12CCCCC2. The van der Waals surface area contributed by atoms with Gasteiger partial charge in [0.1, 0.15) is 0 Å². The Kier molecular flexibility index (Phi) is 2.97. The zero-order chi connectivity index (χ0) is 11.0. The van der Waals surface area contributed by atoms with Gasteiger partial charge in [0.2, 0.25) is 0 Å². The lowest BCUT2D eigenvalue weighted by molar-refractivity contribution is 0.0105. The fourth-order valence-corrected chi connectivity index (χ4v) is 3.91. The zero-order valence-corrected chi connectivity index (χ0v) is 10.7. The molecule has 3 rings (SSSR count). The molecule has 1 aliphatic heterocycles. The summed E-state index contributed by atoms with van der Waals surface area (Å²) < 4.78 is 0. The molecule has 0 aromatic carbocycles. The van der Waals surface area contributed by atoms with Gasteiger partial charge in [0.15, 0.2) is 0 Å². The van der Waals surface area contributed by atoms with Crippen LogP contribution in [0, 0.1) is 5.92 Å². The number of hydrogen-bond acceptors (Lipinski definition) is 2. The van der Waals surface area contributed by atoms with Crippen LogP contribution in [0.3, 0.4) is 0 Å². The predicted molar refractivity (Wildman–Crippen MR) is 67.6 cm³/mol. The number of piperazine rings is 1. The highest BCUT2D eigenvalue weighted by atomic mass is 15.3. The summed E-state index contributed by atoms with van der Waals surface area (Å²) in [5.74, 6) is 1.01. The van der Waals surface area contributed by atoms with Crippen molar-refractivity contribution in [3.05, 3.63) is 0 Å². The second kappa shape index (κ2) is 4.30. The molecule has 2 saturated carbocycles. The second-order valence-electron chi connectivity index (χ2n) is 6.15. The molecule has 3 fully saturated rings. The van der Waals surface area contributed by atoms with Crippen LogP contribution in [0.4, 0.5) is 0 Å². The molecule has 0 aromatic rings. The van der Waals surface area contributed by atoms with E-state index in [2.05, 4.69) is 17.1 Å². The highest BCUT2D eigenvalue weighted by molar-refractivity contribution is 5.03. The Hall–Kier alpha value is -0.0800. The normalized spacial score (nSPS) is 35.4. The minimum Gasteiger partial charge on any atom is -0.311 e. The molecule has 16 heavy (non-hydrogen) atoms. The summed E-state index contributed by atoms with van der Waals surface area (Å²) in [5, 5.41) is 3.86. The molecule has 2 aliphatic carbocycles. The van der Waals surface area contributed by atoms with Gasteiger partial charge in [-0.3, -0.25) is 4.90 Å². The van der Waals surface area contributed by atoms with Crippen molar-refractivity contribution in [2.45, 2.75) is 63.5 Å². The van der Waals surface area contributed by atoms with E-state index in [0.29, 0.717) is 5.54 Å². The molecule has 0 radical (unpaired) electrons. The van der Waals surface area contributed by atoms with Crippen molar-refractivity contribution < 1.29 is 0 Å². The topological polar surface area (TPSA) is 15.3 Å². The molecule has 1 N–H and O–H groups in total. The molecule has 92 valence electrons. The molecule has 1 spiro atoms. The van der Waals surface area contributed by atoms with E-state index in [-0.39, 0.29) is 0 Å². The quantitative estimate of drug-likeness (QED) is 0.772. The zero-order valence-electron chi connectivity index (χ0n) is 10.7. The fraction of sp³-hybridized carbons (Fsp3) is 1.00. The third-order valence-corrected chi connectivity index (χ3v) is 5.14. The van der Waals surface area contributed by atoms with Crippen LogP contribution in [0.15, 0.2) is 0 Å². The van der Waals surface area contributed by atoms with Gasteiger partial charge in [-0.05, 0) is 38.1 Å². The van der Waals surface area contributed by atoms with Crippen molar-refractivity contribution in [2.75, 3.05) is 19.6 Å². The summed E-state index contributed by atoms with van der Waals surface area (Å²) >= 11 is 0. The molecule has 1 atom stereocenters. The van der Waals surface area contributed by atoms with E-state index in [1.807, 2.05) is 0 Å². The van der Waals surface area contributed by atoms with Crippen LogP contribution in [0.5, 0.6) is 0 Å². The standard InChI is InChI=1S/C14H26N2/c1-2-16-10-13(12-6-7-12)15-11-14(16)8-4-3-5-9-14/h12-13,15H,2-11H2,1H3. The third kappa shape index (κ3) is 1.91. The van der Waals surface area contributed by atoms with Crippen LogP contribution in [0.2, 0.25) is 0 Å². The molecule has 1 unspecified atom stereocenters. The van der Waals surface area contributed by atoms with Crippen LogP contribution in [0.1, 0.15) is 51.9 Å². The largest absolute Gasteiger partial charge is 0.311 e. The monoisotopic (exact) mass is 222 g/mol. The fourth-order valence-electron chi connectivity index (χ4n) is 3.91. The molecule has 0 amide bonds. The minimum absolute atomic E-state index is 0.540. The Morgan fingerprint density at radius 1 is 1.19 bits per heavy atom. The van der Waals surface area contributed by atoms with Crippen molar-refractivity contribution in [1.82, 2.24) is 10.2 Å².